The fraction of sp³-hybridized carbons (Fsp3) is 0.417. The molecule has 0 aliphatic carbocycles. The van der Waals surface area contributed by atoms with E-state index in [0.29, 0.717) is 6.54 Å². The predicted octanol–water partition coefficient (Wildman–Crippen LogP) is 0.967. The zero-order chi connectivity index (χ0) is 11.5. The van der Waals surface area contributed by atoms with Crippen LogP contribution in [0.15, 0.2) is 18.2 Å². The molecule has 0 spiro atoms. The number of nitrogens with zero attached hydrogens (tertiary/aromatic N) is 1. The van der Waals surface area contributed by atoms with E-state index in [0.717, 1.165) is 23.4 Å². The van der Waals surface area contributed by atoms with Crippen LogP contribution in [0.1, 0.15) is 12.5 Å². The number of amides is 1. The molecule has 4 heteroatoms. The van der Waals surface area contributed by atoms with Crippen LogP contribution in [-0.2, 0) is 11.2 Å². The average molecular weight is 221 g/mol. The fourth-order valence-corrected chi connectivity index (χ4v) is 2.02. The summed E-state index contributed by atoms with van der Waals surface area (Å²) in [7, 11) is 0. The van der Waals surface area contributed by atoms with Crippen LogP contribution in [-0.4, -0.2) is 30.8 Å². The Morgan fingerprint density at radius 3 is 3.06 bits per heavy atom. The van der Waals surface area contributed by atoms with Gasteiger partial charge in [0.25, 0.3) is 0 Å². The SMILES string of the molecule is CC(=O)N1CCc2c(OCCO)cccc21. The number of fused-ring (bicyclic) bond motifs is 1. The van der Waals surface area contributed by atoms with Crippen LogP contribution >= 0.6 is 0 Å². The van der Waals surface area contributed by atoms with Gasteiger partial charge in [0, 0.05) is 19.0 Å². The van der Waals surface area contributed by atoms with Crippen LogP contribution < -0.4 is 9.64 Å². The highest BCUT2D eigenvalue weighted by Crippen LogP contribution is 2.34. The molecule has 86 valence electrons. The lowest BCUT2D eigenvalue weighted by atomic mass is 10.1. The summed E-state index contributed by atoms with van der Waals surface area (Å²) in [6, 6.07) is 5.67. The number of anilines is 1. The number of carbonyl (C=O) groups excluding carboxylic acids is 1. The molecule has 1 heterocycles. The number of rotatable bonds is 3. The van der Waals surface area contributed by atoms with Crippen LogP contribution in [0.25, 0.3) is 0 Å². The minimum Gasteiger partial charge on any atom is -0.491 e. The maximum atomic E-state index is 11.4. The summed E-state index contributed by atoms with van der Waals surface area (Å²) in [6.45, 7) is 2.57. The molecule has 0 aromatic heterocycles. The van der Waals surface area contributed by atoms with E-state index in [4.69, 9.17) is 9.84 Å². The lowest BCUT2D eigenvalue weighted by molar-refractivity contribution is -0.116. The van der Waals surface area contributed by atoms with Crippen LogP contribution in [0.5, 0.6) is 5.75 Å². The smallest absolute Gasteiger partial charge is 0.223 e. The molecule has 1 aliphatic rings. The first-order valence-corrected chi connectivity index (χ1v) is 5.37. The van der Waals surface area contributed by atoms with E-state index in [2.05, 4.69) is 0 Å². The van der Waals surface area contributed by atoms with Crippen LogP contribution in [0, 0.1) is 0 Å². The molecular formula is C12H15NO3. The molecule has 1 aromatic rings. The Kier molecular flexibility index (Phi) is 3.10. The third-order valence-electron chi connectivity index (χ3n) is 2.71. The summed E-state index contributed by atoms with van der Waals surface area (Å²) in [5.74, 6) is 0.827. The Morgan fingerprint density at radius 2 is 2.38 bits per heavy atom. The van der Waals surface area contributed by atoms with Gasteiger partial charge in [-0.1, -0.05) is 6.07 Å². The van der Waals surface area contributed by atoms with E-state index < -0.39 is 0 Å². The summed E-state index contributed by atoms with van der Waals surface area (Å²) >= 11 is 0. The molecule has 0 bridgehead atoms. The Bertz CT molecular complexity index is 403. The van der Waals surface area contributed by atoms with Crippen molar-refractivity contribution in [2.24, 2.45) is 0 Å². The first-order valence-electron chi connectivity index (χ1n) is 5.37. The van der Waals surface area contributed by atoms with E-state index in [9.17, 15) is 4.79 Å². The number of aliphatic hydroxyl groups excluding tert-OH is 1. The van der Waals surface area contributed by atoms with Crippen molar-refractivity contribution >= 4 is 11.6 Å². The predicted molar refractivity (Wildman–Crippen MR) is 60.8 cm³/mol. The highest BCUT2D eigenvalue weighted by molar-refractivity contribution is 5.94. The molecule has 4 nitrogen and oxygen atoms in total. The lowest BCUT2D eigenvalue weighted by Crippen LogP contribution is -2.25. The van der Waals surface area contributed by atoms with Crippen molar-refractivity contribution < 1.29 is 14.6 Å². The normalized spacial score (nSPS) is 13.8. The first kappa shape index (κ1) is 11.0. The Morgan fingerprint density at radius 1 is 1.56 bits per heavy atom. The monoisotopic (exact) mass is 221 g/mol. The molecule has 1 amide bonds. The molecule has 1 aliphatic heterocycles. The Balaban J connectivity index is 2.28. The van der Waals surface area contributed by atoms with Gasteiger partial charge in [-0.2, -0.15) is 0 Å². The van der Waals surface area contributed by atoms with E-state index in [1.165, 1.54) is 0 Å². The maximum Gasteiger partial charge on any atom is 0.223 e. The second kappa shape index (κ2) is 4.53. The van der Waals surface area contributed by atoms with Gasteiger partial charge in [0.1, 0.15) is 12.4 Å². The van der Waals surface area contributed by atoms with Crippen molar-refractivity contribution in [1.82, 2.24) is 0 Å². The van der Waals surface area contributed by atoms with Gasteiger partial charge in [-0.15, -0.1) is 0 Å². The third kappa shape index (κ3) is 1.88. The molecule has 0 unspecified atom stereocenters. The average Bonchev–Trinajstić information content (AvgIpc) is 2.70. The Hall–Kier alpha value is -1.55. The molecule has 0 saturated heterocycles. The summed E-state index contributed by atoms with van der Waals surface area (Å²) in [4.78, 5) is 13.1. The van der Waals surface area contributed by atoms with Crippen LogP contribution in [0.2, 0.25) is 0 Å². The van der Waals surface area contributed by atoms with Crippen LogP contribution in [0.4, 0.5) is 5.69 Å². The quantitative estimate of drug-likeness (QED) is 0.827. The number of ether oxygens (including phenoxy) is 1. The minimum absolute atomic E-state index is 0.0000895. The van der Waals surface area contributed by atoms with Gasteiger partial charge in [-0.05, 0) is 18.6 Å². The highest BCUT2D eigenvalue weighted by Gasteiger charge is 2.24. The Labute approximate surface area is 94.4 Å². The van der Waals surface area contributed by atoms with Crippen molar-refractivity contribution in [3.8, 4) is 5.75 Å². The summed E-state index contributed by atoms with van der Waals surface area (Å²) < 4.78 is 5.44. The van der Waals surface area contributed by atoms with E-state index >= 15 is 0 Å². The van der Waals surface area contributed by atoms with Gasteiger partial charge in [0.15, 0.2) is 0 Å². The topological polar surface area (TPSA) is 49.8 Å². The standard InChI is InChI=1S/C12H15NO3/c1-9(15)13-6-5-10-11(13)3-2-4-12(10)16-8-7-14/h2-4,14H,5-8H2,1H3. The fourth-order valence-electron chi connectivity index (χ4n) is 2.02. The highest BCUT2D eigenvalue weighted by atomic mass is 16.5. The van der Waals surface area contributed by atoms with Gasteiger partial charge in [-0.25, -0.2) is 0 Å². The number of hydrogen-bond acceptors (Lipinski definition) is 3. The second-order valence-electron chi connectivity index (χ2n) is 3.75. The molecule has 0 fully saturated rings. The van der Waals surface area contributed by atoms with Gasteiger partial charge in [-0.3, -0.25) is 4.79 Å². The van der Waals surface area contributed by atoms with Crippen molar-refractivity contribution in [1.29, 1.82) is 0 Å². The molecule has 1 N–H and O–H groups in total. The largest absolute Gasteiger partial charge is 0.491 e. The summed E-state index contributed by atoms with van der Waals surface area (Å²) in [6.07, 6.45) is 0.816. The van der Waals surface area contributed by atoms with Gasteiger partial charge in [0.05, 0.1) is 12.3 Å². The molecule has 1 aromatic carbocycles. The van der Waals surface area contributed by atoms with Crippen molar-refractivity contribution in [2.45, 2.75) is 13.3 Å². The molecule has 0 radical (unpaired) electrons. The first-order chi connectivity index (χ1) is 7.74. The van der Waals surface area contributed by atoms with Crippen molar-refractivity contribution in [2.75, 3.05) is 24.7 Å². The van der Waals surface area contributed by atoms with Crippen molar-refractivity contribution in [3.63, 3.8) is 0 Å². The van der Waals surface area contributed by atoms with Gasteiger partial charge in [0.2, 0.25) is 5.91 Å². The maximum absolute atomic E-state index is 11.4. The summed E-state index contributed by atoms with van der Waals surface area (Å²) in [5, 5.41) is 8.73. The number of benzene rings is 1. The van der Waals surface area contributed by atoms with Gasteiger partial charge < -0.3 is 14.7 Å². The number of aliphatic hydroxyl groups is 1. The zero-order valence-electron chi connectivity index (χ0n) is 9.27. The van der Waals surface area contributed by atoms with Crippen LogP contribution in [0.3, 0.4) is 0 Å². The van der Waals surface area contributed by atoms with E-state index in [1.54, 1.807) is 11.8 Å². The minimum atomic E-state index is 0.0000895. The number of carbonyl (C=O) groups is 1. The van der Waals surface area contributed by atoms with E-state index in [-0.39, 0.29) is 19.1 Å². The van der Waals surface area contributed by atoms with Crippen molar-refractivity contribution in [3.05, 3.63) is 23.8 Å². The van der Waals surface area contributed by atoms with E-state index in [1.807, 2.05) is 18.2 Å². The summed E-state index contributed by atoms with van der Waals surface area (Å²) in [5.41, 5.74) is 1.99. The lowest BCUT2D eigenvalue weighted by Gasteiger charge is -2.15. The number of hydrogen-bond donors (Lipinski definition) is 1. The molecule has 0 saturated carbocycles. The molecule has 16 heavy (non-hydrogen) atoms. The molecular weight excluding hydrogens is 206 g/mol. The second-order valence-corrected chi connectivity index (χ2v) is 3.75. The van der Waals surface area contributed by atoms with Gasteiger partial charge >= 0.3 is 0 Å². The third-order valence-corrected chi connectivity index (χ3v) is 2.71. The zero-order valence-corrected chi connectivity index (χ0v) is 9.27. The molecule has 2 rings (SSSR count). The molecule has 0 atom stereocenters.